The quantitative estimate of drug-likeness (QED) is 0.381. The van der Waals surface area contributed by atoms with E-state index in [4.69, 9.17) is 16.3 Å². The maximum atomic E-state index is 13.9. The summed E-state index contributed by atoms with van der Waals surface area (Å²) in [6.07, 6.45) is 1.93. The van der Waals surface area contributed by atoms with Crippen LogP contribution in [0.15, 0.2) is 72.8 Å². The minimum Gasteiger partial charge on any atom is -0.453 e. The fraction of sp³-hybridized carbons (Fsp3) is 0.344. The molecule has 3 amide bonds. The average Bonchev–Trinajstić information content (AvgIpc) is 3.01. The molecule has 8 nitrogen and oxygen atoms in total. The molecule has 0 aliphatic carbocycles. The zero-order valence-corrected chi connectivity index (χ0v) is 23.8. The number of likely N-dealkylation sites (tertiary alicyclic amines) is 1. The first-order chi connectivity index (χ1) is 19.9. The van der Waals surface area contributed by atoms with Gasteiger partial charge < -0.3 is 20.3 Å². The van der Waals surface area contributed by atoms with E-state index in [1.807, 2.05) is 53.4 Å². The number of hydrogen-bond acceptors (Lipinski definition) is 5. The molecule has 1 fully saturated rings. The number of halogens is 1. The summed E-state index contributed by atoms with van der Waals surface area (Å²) in [5, 5.41) is 9.81. The van der Waals surface area contributed by atoms with Crippen LogP contribution < -0.4 is 16.0 Å². The number of methoxy groups -OCH3 is 1. The van der Waals surface area contributed by atoms with E-state index >= 15 is 0 Å². The molecule has 214 valence electrons. The molecule has 3 N–H and O–H groups in total. The molecule has 0 spiro atoms. The molecule has 5 rings (SSSR count). The average molecular weight is 575 g/mol. The summed E-state index contributed by atoms with van der Waals surface area (Å²) in [6, 6.07) is 22.1. The van der Waals surface area contributed by atoms with Gasteiger partial charge in [0.15, 0.2) is 0 Å². The van der Waals surface area contributed by atoms with Crippen molar-refractivity contribution in [3.63, 3.8) is 0 Å². The summed E-state index contributed by atoms with van der Waals surface area (Å²) < 4.78 is 4.77. The van der Waals surface area contributed by atoms with Crippen LogP contribution in [-0.2, 0) is 33.7 Å². The van der Waals surface area contributed by atoms with Gasteiger partial charge in [0, 0.05) is 36.8 Å². The molecule has 0 saturated carbocycles. The Bertz CT molecular complexity index is 1390. The Morgan fingerprint density at radius 2 is 1.66 bits per heavy atom. The Morgan fingerprint density at radius 3 is 2.39 bits per heavy atom. The fourth-order valence-corrected chi connectivity index (χ4v) is 5.85. The molecule has 0 radical (unpaired) electrons. The zero-order chi connectivity index (χ0) is 28.8. The molecular formula is C32H35ClN4O4. The van der Waals surface area contributed by atoms with Crippen molar-refractivity contribution in [3.05, 3.63) is 100 Å². The number of anilines is 1. The van der Waals surface area contributed by atoms with Crippen LogP contribution in [0.4, 0.5) is 10.5 Å². The number of para-hydroxylation sites is 1. The molecule has 3 aromatic rings. The van der Waals surface area contributed by atoms with Crippen LogP contribution in [-0.4, -0.2) is 55.1 Å². The van der Waals surface area contributed by atoms with Crippen LogP contribution in [0.2, 0.25) is 5.02 Å². The number of hydrogen-bond donors (Lipinski definition) is 3. The lowest BCUT2D eigenvalue weighted by Crippen LogP contribution is -2.56. The maximum absolute atomic E-state index is 13.9. The number of amides is 3. The van der Waals surface area contributed by atoms with Gasteiger partial charge in [-0.05, 0) is 65.6 Å². The number of piperidine rings is 1. The smallest absolute Gasteiger partial charge is 0.411 e. The number of benzene rings is 3. The third kappa shape index (κ3) is 7.07. The highest BCUT2D eigenvalue weighted by molar-refractivity contribution is 6.30. The summed E-state index contributed by atoms with van der Waals surface area (Å²) >= 11 is 6.09. The first-order valence-corrected chi connectivity index (χ1v) is 14.4. The summed E-state index contributed by atoms with van der Waals surface area (Å²) in [7, 11) is 1.34. The molecule has 2 aliphatic rings. The number of rotatable bonds is 7. The summed E-state index contributed by atoms with van der Waals surface area (Å²) in [5.41, 5.74) is 5.01. The zero-order valence-electron chi connectivity index (χ0n) is 23.1. The van der Waals surface area contributed by atoms with E-state index in [0.29, 0.717) is 37.5 Å². The molecule has 2 aliphatic heterocycles. The predicted molar refractivity (Wildman–Crippen MR) is 159 cm³/mol. The lowest BCUT2D eigenvalue weighted by Gasteiger charge is -2.35. The van der Waals surface area contributed by atoms with Crippen molar-refractivity contribution >= 4 is 35.2 Å². The third-order valence-electron chi connectivity index (χ3n) is 7.99. The fourth-order valence-electron chi connectivity index (χ4n) is 5.73. The van der Waals surface area contributed by atoms with E-state index < -0.39 is 18.2 Å². The van der Waals surface area contributed by atoms with Crippen LogP contribution in [0.3, 0.4) is 0 Å². The van der Waals surface area contributed by atoms with Crippen LogP contribution in [0.1, 0.15) is 41.0 Å². The van der Waals surface area contributed by atoms with Gasteiger partial charge in [-0.25, -0.2) is 4.79 Å². The van der Waals surface area contributed by atoms with E-state index in [-0.39, 0.29) is 17.7 Å². The molecule has 2 atom stereocenters. The number of fused-ring (bicyclic) bond motifs is 1. The lowest BCUT2D eigenvalue weighted by molar-refractivity contribution is -0.137. The molecule has 1 saturated heterocycles. The summed E-state index contributed by atoms with van der Waals surface area (Å²) in [6.45, 7) is 1.72. The molecule has 0 bridgehead atoms. The van der Waals surface area contributed by atoms with Gasteiger partial charge in [-0.2, -0.15) is 0 Å². The number of carbonyl (C=O) groups is 3. The molecule has 9 heteroatoms. The number of ether oxygens (including phenoxy) is 1. The first kappa shape index (κ1) is 28.6. The summed E-state index contributed by atoms with van der Waals surface area (Å²) in [5.74, 6) is -0.0864. The Hall–Kier alpha value is -3.88. The first-order valence-electron chi connectivity index (χ1n) is 14.0. The minimum atomic E-state index is -0.701. The van der Waals surface area contributed by atoms with E-state index in [2.05, 4.69) is 28.1 Å². The second-order valence-corrected chi connectivity index (χ2v) is 11.0. The molecule has 0 unspecified atom stereocenters. The third-order valence-corrected chi connectivity index (χ3v) is 8.25. The van der Waals surface area contributed by atoms with Crippen molar-refractivity contribution in [2.45, 2.75) is 50.2 Å². The van der Waals surface area contributed by atoms with Gasteiger partial charge in [0.25, 0.3) is 0 Å². The predicted octanol–water partition coefficient (Wildman–Crippen LogP) is 4.67. The highest BCUT2D eigenvalue weighted by atomic mass is 35.5. The minimum absolute atomic E-state index is 0.0936. The topological polar surface area (TPSA) is 99.8 Å². The number of nitrogens with one attached hydrogen (secondary N) is 3. The highest BCUT2D eigenvalue weighted by Crippen LogP contribution is 2.33. The Morgan fingerprint density at radius 1 is 0.976 bits per heavy atom. The molecule has 2 heterocycles. The van der Waals surface area contributed by atoms with E-state index in [0.717, 1.165) is 35.2 Å². The van der Waals surface area contributed by atoms with Gasteiger partial charge in [0.1, 0.15) is 6.04 Å². The number of carbonyl (C=O) groups excluding carboxylic acids is 3. The second-order valence-electron chi connectivity index (χ2n) is 10.6. The Kier molecular flexibility index (Phi) is 9.21. The largest absolute Gasteiger partial charge is 0.453 e. The van der Waals surface area contributed by atoms with E-state index in [1.54, 1.807) is 12.1 Å². The van der Waals surface area contributed by atoms with Crippen molar-refractivity contribution in [3.8, 4) is 0 Å². The van der Waals surface area contributed by atoms with E-state index in [9.17, 15) is 14.4 Å². The van der Waals surface area contributed by atoms with Crippen molar-refractivity contribution < 1.29 is 19.1 Å². The Balaban J connectivity index is 1.27. The maximum Gasteiger partial charge on any atom is 0.411 e. The molecule has 3 aromatic carbocycles. The molecule has 41 heavy (non-hydrogen) atoms. The second kappa shape index (κ2) is 13.2. The molecule has 0 aromatic heterocycles. The van der Waals surface area contributed by atoms with Crippen molar-refractivity contribution in [2.24, 2.45) is 0 Å². The molecular weight excluding hydrogens is 540 g/mol. The Labute approximate surface area is 245 Å². The van der Waals surface area contributed by atoms with Crippen LogP contribution in [0.25, 0.3) is 0 Å². The van der Waals surface area contributed by atoms with Crippen molar-refractivity contribution in [2.75, 3.05) is 25.5 Å². The van der Waals surface area contributed by atoms with Crippen molar-refractivity contribution in [1.29, 1.82) is 0 Å². The van der Waals surface area contributed by atoms with Gasteiger partial charge >= 0.3 is 6.09 Å². The van der Waals surface area contributed by atoms with Gasteiger partial charge in [-0.1, -0.05) is 66.2 Å². The standard InChI is InChI=1S/C32H35ClN4O4/c1-41-32(40)36-27-9-5-4-8-26(27)22-14-16-37(17-15-22)31(39)29(18-21-10-12-25(33)13-11-21)35-30(38)28-19-23-6-2-3-7-24(23)20-34-28/h2-13,22,28-29,34H,14-20H2,1H3,(H,35,38)(H,36,40)/t28-,29+/m0/s1. The SMILES string of the molecule is COC(=O)Nc1ccccc1C1CCN(C(=O)[C@@H](Cc2ccc(Cl)cc2)NC(=O)[C@@H]2Cc3ccccc3CN2)CC1. The highest BCUT2D eigenvalue weighted by Gasteiger charge is 2.33. The van der Waals surface area contributed by atoms with Gasteiger partial charge in [-0.15, -0.1) is 0 Å². The van der Waals surface area contributed by atoms with Crippen LogP contribution in [0.5, 0.6) is 0 Å². The van der Waals surface area contributed by atoms with Crippen molar-refractivity contribution in [1.82, 2.24) is 15.5 Å². The van der Waals surface area contributed by atoms with Crippen LogP contribution >= 0.6 is 11.6 Å². The van der Waals surface area contributed by atoms with Crippen LogP contribution in [0, 0.1) is 0 Å². The number of nitrogens with zero attached hydrogens (tertiary/aromatic N) is 1. The van der Waals surface area contributed by atoms with E-state index in [1.165, 1.54) is 12.7 Å². The lowest BCUT2D eigenvalue weighted by atomic mass is 9.88. The monoisotopic (exact) mass is 574 g/mol. The van der Waals surface area contributed by atoms with Gasteiger partial charge in [0.05, 0.1) is 13.2 Å². The normalized spacial score (nSPS) is 17.7. The summed E-state index contributed by atoms with van der Waals surface area (Å²) in [4.78, 5) is 41.0. The van der Waals surface area contributed by atoms with Gasteiger partial charge in [0.2, 0.25) is 11.8 Å². The van der Waals surface area contributed by atoms with Gasteiger partial charge in [-0.3, -0.25) is 14.9 Å².